The van der Waals surface area contributed by atoms with Gasteiger partial charge >= 0.3 is 0 Å². The highest BCUT2D eigenvalue weighted by molar-refractivity contribution is 7.71. The van der Waals surface area contributed by atoms with Gasteiger partial charge in [-0.2, -0.15) is 5.10 Å². The third-order valence-corrected chi connectivity index (χ3v) is 1.46. The first-order chi connectivity index (χ1) is 5.34. The Bertz CT molecular complexity index is 285. The molecule has 1 aromatic heterocycles. The van der Waals surface area contributed by atoms with Crippen molar-refractivity contribution in [3.63, 3.8) is 0 Å². The highest BCUT2D eigenvalue weighted by Gasteiger charge is 1.87. The van der Waals surface area contributed by atoms with E-state index in [0.717, 1.165) is 6.54 Å². The third kappa shape index (κ3) is 2.19. The van der Waals surface area contributed by atoms with E-state index in [9.17, 15) is 0 Å². The summed E-state index contributed by atoms with van der Waals surface area (Å²) in [4.78, 5) is 0. The van der Waals surface area contributed by atoms with E-state index >= 15 is 0 Å². The summed E-state index contributed by atoms with van der Waals surface area (Å²) in [6.07, 6.45) is 5.57. The largest absolute Gasteiger partial charge is 0.319 e. The molecule has 0 saturated carbocycles. The van der Waals surface area contributed by atoms with Gasteiger partial charge in [-0.3, -0.25) is 5.10 Å². The minimum atomic E-state index is 0.578. The van der Waals surface area contributed by atoms with Crippen LogP contribution in [0.15, 0.2) is 18.5 Å². The first kappa shape index (κ1) is 8.00. The molecule has 1 aromatic rings. The Morgan fingerprint density at radius 2 is 2.73 bits per heavy atom. The maximum Gasteiger partial charge on any atom is 0.214 e. The number of hydrogen-bond donors (Lipinski definition) is 2. The van der Waals surface area contributed by atoms with E-state index in [4.69, 9.17) is 12.2 Å². The highest BCUT2D eigenvalue weighted by atomic mass is 32.1. The number of aromatic amines is 1. The predicted molar refractivity (Wildman–Crippen MR) is 46.5 cm³/mol. The second kappa shape index (κ2) is 3.92. The van der Waals surface area contributed by atoms with Crippen LogP contribution in [0.3, 0.4) is 0 Å². The van der Waals surface area contributed by atoms with Gasteiger partial charge in [0.05, 0.1) is 0 Å². The maximum absolute atomic E-state index is 4.89. The van der Waals surface area contributed by atoms with E-state index in [-0.39, 0.29) is 0 Å². The molecule has 0 fully saturated rings. The van der Waals surface area contributed by atoms with Crippen LogP contribution in [0, 0.1) is 4.77 Å². The molecule has 60 valence electrons. The second-order valence-electron chi connectivity index (χ2n) is 1.96. The van der Waals surface area contributed by atoms with Crippen LogP contribution in [0.1, 0.15) is 6.92 Å². The zero-order chi connectivity index (χ0) is 8.10. The van der Waals surface area contributed by atoms with E-state index in [1.807, 2.05) is 19.1 Å². The van der Waals surface area contributed by atoms with Crippen LogP contribution in [0.5, 0.6) is 0 Å². The van der Waals surface area contributed by atoms with Gasteiger partial charge in [0.25, 0.3) is 0 Å². The van der Waals surface area contributed by atoms with E-state index in [1.54, 1.807) is 11.0 Å². The van der Waals surface area contributed by atoms with Gasteiger partial charge in [-0.25, -0.2) is 4.68 Å². The van der Waals surface area contributed by atoms with E-state index in [0.29, 0.717) is 4.77 Å². The van der Waals surface area contributed by atoms with Gasteiger partial charge in [0.1, 0.15) is 6.33 Å². The zero-order valence-electron chi connectivity index (χ0n) is 6.24. The van der Waals surface area contributed by atoms with Gasteiger partial charge in [-0.05, 0) is 19.1 Å². The molecule has 0 bridgehead atoms. The molecule has 0 spiro atoms. The summed E-state index contributed by atoms with van der Waals surface area (Å²) in [5.74, 6) is 0. The van der Waals surface area contributed by atoms with E-state index in [2.05, 4.69) is 15.6 Å². The van der Waals surface area contributed by atoms with Crippen LogP contribution in [0.25, 0.3) is 0 Å². The van der Waals surface area contributed by atoms with Gasteiger partial charge in [-0.15, -0.1) is 0 Å². The van der Waals surface area contributed by atoms with Crippen molar-refractivity contribution in [3.8, 4) is 0 Å². The van der Waals surface area contributed by atoms with Crippen molar-refractivity contribution in [1.29, 1.82) is 0 Å². The molecule has 0 aliphatic heterocycles. The Balaban J connectivity index is 2.51. The minimum absolute atomic E-state index is 0.578. The first-order valence-corrected chi connectivity index (χ1v) is 3.72. The molecule has 0 aliphatic rings. The lowest BCUT2D eigenvalue weighted by Gasteiger charge is -2.00. The topological polar surface area (TPSA) is 45.6 Å². The molecule has 0 radical (unpaired) electrons. The average molecular weight is 170 g/mol. The number of H-pyrrole nitrogens is 1. The predicted octanol–water partition coefficient (Wildman–Crippen LogP) is 1.06. The fourth-order valence-electron chi connectivity index (χ4n) is 0.630. The Morgan fingerprint density at radius 1 is 1.91 bits per heavy atom. The van der Waals surface area contributed by atoms with Crippen LogP contribution < -0.4 is 5.43 Å². The van der Waals surface area contributed by atoms with Crippen LogP contribution in [0.4, 0.5) is 0 Å². The van der Waals surface area contributed by atoms with Crippen molar-refractivity contribution in [2.45, 2.75) is 6.92 Å². The van der Waals surface area contributed by atoms with Crippen molar-refractivity contribution in [3.05, 3.63) is 23.3 Å². The van der Waals surface area contributed by atoms with Crippen LogP contribution in [0.2, 0.25) is 0 Å². The monoisotopic (exact) mass is 170 g/mol. The summed E-state index contributed by atoms with van der Waals surface area (Å²) in [6, 6.07) is 0. The van der Waals surface area contributed by atoms with Gasteiger partial charge in [0, 0.05) is 6.54 Å². The molecule has 0 aromatic carbocycles. The first-order valence-electron chi connectivity index (χ1n) is 3.31. The van der Waals surface area contributed by atoms with Crippen molar-refractivity contribution >= 4 is 12.2 Å². The maximum atomic E-state index is 4.89. The Kier molecular flexibility index (Phi) is 2.85. The quantitative estimate of drug-likeness (QED) is 0.526. The molecule has 0 aliphatic carbocycles. The highest BCUT2D eigenvalue weighted by Crippen LogP contribution is 1.81. The second-order valence-corrected chi connectivity index (χ2v) is 2.35. The Labute approximate surface area is 69.9 Å². The lowest BCUT2D eigenvalue weighted by molar-refractivity contribution is 0.870. The fourth-order valence-corrected chi connectivity index (χ4v) is 0.794. The van der Waals surface area contributed by atoms with Crippen molar-refractivity contribution in [2.24, 2.45) is 0 Å². The van der Waals surface area contributed by atoms with E-state index in [1.165, 1.54) is 0 Å². The fraction of sp³-hybridized carbons (Fsp3) is 0.333. The zero-order valence-corrected chi connectivity index (χ0v) is 7.06. The number of rotatable bonds is 3. The Hall–Kier alpha value is -1.10. The Morgan fingerprint density at radius 3 is 3.27 bits per heavy atom. The summed E-state index contributed by atoms with van der Waals surface area (Å²) in [5, 5.41) is 6.38. The number of allylic oxidation sites excluding steroid dienone is 1. The van der Waals surface area contributed by atoms with Gasteiger partial charge < -0.3 is 5.43 Å². The molecule has 1 heterocycles. The molecule has 0 atom stereocenters. The lowest BCUT2D eigenvalue weighted by Crippen LogP contribution is -2.13. The summed E-state index contributed by atoms with van der Waals surface area (Å²) >= 11 is 4.89. The molecular formula is C6H10N4S. The number of aromatic nitrogens is 3. The van der Waals surface area contributed by atoms with Crippen molar-refractivity contribution < 1.29 is 0 Å². The standard InChI is InChI=1S/C6H10N4S/c1-2-3-4-8-10-5-7-9-6(10)11/h2-3,5,8H,4H2,1H3,(H,9,11)/b3-2+. The van der Waals surface area contributed by atoms with E-state index < -0.39 is 0 Å². The minimum Gasteiger partial charge on any atom is -0.319 e. The summed E-state index contributed by atoms with van der Waals surface area (Å²) in [5.41, 5.74) is 3.03. The normalized spacial score (nSPS) is 10.6. The van der Waals surface area contributed by atoms with Gasteiger partial charge in [-0.1, -0.05) is 12.2 Å². The average Bonchev–Trinajstić information content (AvgIpc) is 2.37. The SMILES string of the molecule is C/C=C/CNn1cn[nH]c1=S. The molecule has 2 N–H and O–H groups in total. The molecule has 1 rings (SSSR count). The smallest absolute Gasteiger partial charge is 0.214 e. The lowest BCUT2D eigenvalue weighted by atomic mass is 10.5. The molecule has 4 nitrogen and oxygen atoms in total. The summed E-state index contributed by atoms with van der Waals surface area (Å²) in [6.45, 7) is 2.72. The molecule has 0 saturated heterocycles. The molecule has 0 amide bonds. The number of hydrogen-bond acceptors (Lipinski definition) is 3. The van der Waals surface area contributed by atoms with Crippen LogP contribution in [-0.4, -0.2) is 21.4 Å². The van der Waals surface area contributed by atoms with Crippen LogP contribution >= 0.6 is 12.2 Å². The van der Waals surface area contributed by atoms with Crippen molar-refractivity contribution in [2.75, 3.05) is 12.0 Å². The van der Waals surface area contributed by atoms with Gasteiger partial charge in [0.15, 0.2) is 0 Å². The molecule has 0 unspecified atom stereocenters. The van der Waals surface area contributed by atoms with Crippen LogP contribution in [-0.2, 0) is 0 Å². The molecule has 5 heteroatoms. The number of nitrogens with zero attached hydrogens (tertiary/aromatic N) is 2. The molecular weight excluding hydrogens is 160 g/mol. The van der Waals surface area contributed by atoms with Crippen molar-refractivity contribution in [1.82, 2.24) is 14.9 Å². The number of nitrogens with one attached hydrogen (secondary N) is 2. The third-order valence-electron chi connectivity index (χ3n) is 1.17. The summed E-state index contributed by atoms with van der Waals surface area (Å²) < 4.78 is 2.24. The molecule has 11 heavy (non-hydrogen) atoms. The summed E-state index contributed by atoms with van der Waals surface area (Å²) in [7, 11) is 0. The van der Waals surface area contributed by atoms with Gasteiger partial charge in [0.2, 0.25) is 4.77 Å².